The number of unbranched alkanes of at least 4 members (excludes halogenated alkanes) is 2. The van der Waals surface area contributed by atoms with Crippen molar-refractivity contribution in [3.05, 3.63) is 52.2 Å². The summed E-state index contributed by atoms with van der Waals surface area (Å²) in [5.41, 5.74) is 1.00. The van der Waals surface area contributed by atoms with Crippen LogP contribution in [-0.2, 0) is 6.42 Å². The molecule has 1 amide bonds. The molecule has 1 aromatic carbocycles. The van der Waals surface area contributed by atoms with Gasteiger partial charge in [0.05, 0.1) is 12.0 Å². The number of thiophene rings is 1. The van der Waals surface area contributed by atoms with Crippen LogP contribution < -0.4 is 4.74 Å². The first kappa shape index (κ1) is 20.0. The number of hydrogen-bond donors (Lipinski definition) is 1. The highest BCUT2D eigenvalue weighted by Crippen LogP contribution is 2.18. The van der Waals surface area contributed by atoms with E-state index in [1.165, 1.54) is 16.2 Å². The minimum atomic E-state index is -0.908. The third-order valence-corrected chi connectivity index (χ3v) is 5.15. The monoisotopic (exact) mass is 375 g/mol. The standard InChI is InChI=1S/C20H25NO4S/c1-25-18-10-5-4-8-16(18)12-14-21(20(23)24)13-6-2-3-9-17(22)19-11-7-15-26-19/h4-5,7-8,10-11,15H,2-3,6,9,12-14H2,1H3,(H,23,24). The SMILES string of the molecule is COc1ccccc1CCN(CCCCCC(=O)c1cccs1)C(=O)O. The van der Waals surface area contributed by atoms with E-state index in [1.54, 1.807) is 7.11 Å². The number of ether oxygens (including phenoxy) is 1. The van der Waals surface area contributed by atoms with E-state index in [1.807, 2.05) is 41.8 Å². The molecule has 2 aromatic rings. The average molecular weight is 375 g/mol. The number of carbonyl (C=O) groups excluding carboxylic acids is 1. The molecule has 0 bridgehead atoms. The van der Waals surface area contributed by atoms with Crippen LogP contribution in [0.4, 0.5) is 4.79 Å². The Morgan fingerprint density at radius 2 is 1.88 bits per heavy atom. The van der Waals surface area contributed by atoms with Crippen molar-refractivity contribution < 1.29 is 19.4 Å². The maximum absolute atomic E-state index is 11.9. The summed E-state index contributed by atoms with van der Waals surface area (Å²) >= 11 is 1.47. The predicted octanol–water partition coefficient (Wildman–Crippen LogP) is 4.72. The van der Waals surface area contributed by atoms with E-state index in [0.717, 1.165) is 35.5 Å². The van der Waals surface area contributed by atoms with Gasteiger partial charge in [0, 0.05) is 19.5 Å². The number of Topliss-reactive ketones (excluding diaryl/α,β-unsaturated/α-hetero) is 1. The smallest absolute Gasteiger partial charge is 0.407 e. The second-order valence-electron chi connectivity index (χ2n) is 6.04. The van der Waals surface area contributed by atoms with E-state index in [9.17, 15) is 14.7 Å². The van der Waals surface area contributed by atoms with E-state index in [4.69, 9.17) is 4.74 Å². The molecule has 2 rings (SSSR count). The Morgan fingerprint density at radius 1 is 1.08 bits per heavy atom. The third kappa shape index (κ3) is 6.19. The molecule has 1 N–H and O–H groups in total. The Balaban J connectivity index is 1.71. The molecule has 0 aliphatic carbocycles. The summed E-state index contributed by atoms with van der Waals surface area (Å²) in [6.45, 7) is 0.918. The summed E-state index contributed by atoms with van der Waals surface area (Å²) < 4.78 is 5.31. The zero-order chi connectivity index (χ0) is 18.8. The Morgan fingerprint density at radius 3 is 2.58 bits per heavy atom. The molecule has 140 valence electrons. The number of hydrogen-bond acceptors (Lipinski definition) is 4. The fourth-order valence-corrected chi connectivity index (χ4v) is 3.49. The highest BCUT2D eigenvalue weighted by Gasteiger charge is 2.13. The number of ketones is 1. The van der Waals surface area contributed by atoms with Crippen LogP contribution in [0.3, 0.4) is 0 Å². The topological polar surface area (TPSA) is 66.8 Å². The number of carbonyl (C=O) groups is 2. The largest absolute Gasteiger partial charge is 0.496 e. The van der Waals surface area contributed by atoms with Crippen LogP contribution in [0.25, 0.3) is 0 Å². The zero-order valence-corrected chi connectivity index (χ0v) is 15.8. The van der Waals surface area contributed by atoms with Gasteiger partial charge < -0.3 is 14.7 Å². The molecule has 0 radical (unpaired) electrons. The van der Waals surface area contributed by atoms with E-state index < -0.39 is 6.09 Å². The number of methoxy groups -OCH3 is 1. The van der Waals surface area contributed by atoms with Gasteiger partial charge in [-0.25, -0.2) is 4.79 Å². The van der Waals surface area contributed by atoms with Crippen molar-refractivity contribution in [1.82, 2.24) is 4.90 Å². The van der Waals surface area contributed by atoms with Crippen molar-refractivity contribution >= 4 is 23.2 Å². The predicted molar refractivity (Wildman–Crippen MR) is 103 cm³/mol. The highest BCUT2D eigenvalue weighted by atomic mass is 32.1. The molecule has 26 heavy (non-hydrogen) atoms. The van der Waals surface area contributed by atoms with Crippen LogP contribution in [0.1, 0.15) is 40.9 Å². The first-order valence-corrected chi connectivity index (χ1v) is 9.66. The van der Waals surface area contributed by atoms with Crippen LogP contribution in [0.15, 0.2) is 41.8 Å². The van der Waals surface area contributed by atoms with Crippen LogP contribution in [0.5, 0.6) is 5.75 Å². The van der Waals surface area contributed by atoms with Crippen LogP contribution in [0.2, 0.25) is 0 Å². The Kier molecular flexibility index (Phi) is 8.15. The molecule has 1 aromatic heterocycles. The van der Waals surface area contributed by atoms with Gasteiger partial charge in [-0.1, -0.05) is 30.7 Å². The molecule has 0 spiro atoms. The molecule has 1 heterocycles. The lowest BCUT2D eigenvalue weighted by atomic mass is 10.1. The van der Waals surface area contributed by atoms with Crippen molar-refractivity contribution in [3.63, 3.8) is 0 Å². The van der Waals surface area contributed by atoms with Gasteiger partial charge in [-0.3, -0.25) is 4.79 Å². The van der Waals surface area contributed by atoms with Gasteiger partial charge in [0.1, 0.15) is 5.75 Å². The van der Waals surface area contributed by atoms with Gasteiger partial charge in [0.25, 0.3) is 0 Å². The summed E-state index contributed by atoms with van der Waals surface area (Å²) in [6, 6.07) is 11.4. The van der Waals surface area contributed by atoms with Gasteiger partial charge in [-0.15, -0.1) is 11.3 Å². The second kappa shape index (κ2) is 10.6. The van der Waals surface area contributed by atoms with Gasteiger partial charge >= 0.3 is 6.09 Å². The lowest BCUT2D eigenvalue weighted by Crippen LogP contribution is -2.32. The first-order chi connectivity index (χ1) is 12.6. The summed E-state index contributed by atoms with van der Waals surface area (Å²) in [7, 11) is 1.62. The number of para-hydroxylation sites is 1. The van der Waals surface area contributed by atoms with Gasteiger partial charge in [0.15, 0.2) is 5.78 Å². The normalized spacial score (nSPS) is 10.5. The lowest BCUT2D eigenvalue weighted by Gasteiger charge is -2.19. The van der Waals surface area contributed by atoms with Crippen LogP contribution in [0, 0.1) is 0 Å². The molecule has 6 heteroatoms. The average Bonchev–Trinajstić information content (AvgIpc) is 3.18. The third-order valence-electron chi connectivity index (χ3n) is 4.24. The minimum Gasteiger partial charge on any atom is -0.496 e. The molecule has 0 aliphatic heterocycles. The molecule has 0 unspecified atom stereocenters. The number of nitrogens with zero attached hydrogens (tertiary/aromatic N) is 1. The fourth-order valence-electron chi connectivity index (χ4n) is 2.79. The quantitative estimate of drug-likeness (QED) is 0.456. The molecule has 0 saturated heterocycles. The molecular formula is C20H25NO4S. The summed E-state index contributed by atoms with van der Waals surface area (Å²) in [5, 5.41) is 11.3. The number of rotatable bonds is 11. The highest BCUT2D eigenvalue weighted by molar-refractivity contribution is 7.12. The maximum Gasteiger partial charge on any atom is 0.407 e. The van der Waals surface area contributed by atoms with Gasteiger partial charge in [-0.2, -0.15) is 0 Å². The van der Waals surface area contributed by atoms with Crippen LogP contribution in [-0.4, -0.2) is 42.1 Å². The molecule has 0 aliphatic rings. The fraction of sp³-hybridized carbons (Fsp3) is 0.400. The van der Waals surface area contributed by atoms with Gasteiger partial charge in [0.2, 0.25) is 0 Å². The molecule has 0 saturated carbocycles. The maximum atomic E-state index is 11.9. The van der Waals surface area contributed by atoms with E-state index in [2.05, 4.69) is 0 Å². The van der Waals surface area contributed by atoms with E-state index in [-0.39, 0.29) is 5.78 Å². The molecule has 0 fully saturated rings. The second-order valence-corrected chi connectivity index (χ2v) is 6.99. The summed E-state index contributed by atoms with van der Waals surface area (Å²) in [4.78, 5) is 25.6. The summed E-state index contributed by atoms with van der Waals surface area (Å²) in [5.74, 6) is 0.955. The van der Waals surface area contributed by atoms with Crippen molar-refractivity contribution in [2.75, 3.05) is 20.2 Å². The zero-order valence-electron chi connectivity index (χ0n) is 15.0. The van der Waals surface area contributed by atoms with E-state index >= 15 is 0 Å². The minimum absolute atomic E-state index is 0.172. The number of amides is 1. The van der Waals surface area contributed by atoms with E-state index in [0.29, 0.717) is 25.9 Å². The van der Waals surface area contributed by atoms with Gasteiger partial charge in [-0.05, 0) is 42.3 Å². The molecule has 5 nitrogen and oxygen atoms in total. The van der Waals surface area contributed by atoms with Crippen LogP contribution >= 0.6 is 11.3 Å². The Hall–Kier alpha value is -2.34. The molecular weight excluding hydrogens is 350 g/mol. The Bertz CT molecular complexity index is 700. The summed E-state index contributed by atoms with van der Waals surface area (Å²) in [6.07, 6.45) is 2.62. The van der Waals surface area contributed by atoms with Crippen molar-refractivity contribution in [3.8, 4) is 5.75 Å². The first-order valence-electron chi connectivity index (χ1n) is 8.78. The van der Waals surface area contributed by atoms with Crippen molar-refractivity contribution in [1.29, 1.82) is 0 Å². The van der Waals surface area contributed by atoms with Crippen molar-refractivity contribution in [2.45, 2.75) is 32.1 Å². The molecule has 0 atom stereocenters. The Labute approximate surface area is 158 Å². The van der Waals surface area contributed by atoms with Crippen molar-refractivity contribution in [2.24, 2.45) is 0 Å². The number of carboxylic acid groups (broad SMARTS) is 1. The lowest BCUT2D eigenvalue weighted by molar-refractivity contribution is 0.0981. The number of benzene rings is 1.